The monoisotopic (exact) mass is 436 g/mol. The van der Waals surface area contributed by atoms with Crippen molar-refractivity contribution in [2.24, 2.45) is 16.0 Å². The third kappa shape index (κ3) is 4.80. The van der Waals surface area contributed by atoms with Gasteiger partial charge in [-0.05, 0) is 36.5 Å². The van der Waals surface area contributed by atoms with Crippen LogP contribution in [0.2, 0.25) is 5.02 Å². The van der Waals surface area contributed by atoms with Gasteiger partial charge in [0.05, 0.1) is 24.8 Å². The Morgan fingerprint density at radius 2 is 2.19 bits per heavy atom. The van der Waals surface area contributed by atoms with Gasteiger partial charge in [-0.25, -0.2) is 10.0 Å². The fraction of sp³-hybridized carbons (Fsp3) is 0.391. The van der Waals surface area contributed by atoms with Gasteiger partial charge in [-0.2, -0.15) is 10.4 Å². The number of nitriles is 1. The van der Waals surface area contributed by atoms with Crippen LogP contribution in [0.5, 0.6) is 0 Å². The van der Waals surface area contributed by atoms with Crippen LogP contribution in [-0.2, 0) is 4.79 Å². The second-order valence-electron chi connectivity index (χ2n) is 8.05. The predicted octanol–water partition coefficient (Wildman–Crippen LogP) is 3.30. The minimum Gasteiger partial charge on any atom is -0.332 e. The summed E-state index contributed by atoms with van der Waals surface area (Å²) in [6.45, 7) is 3.82. The second kappa shape index (κ2) is 9.36. The van der Waals surface area contributed by atoms with Crippen LogP contribution in [-0.4, -0.2) is 53.2 Å². The summed E-state index contributed by atoms with van der Waals surface area (Å²) in [7, 11) is 0. The maximum Gasteiger partial charge on any atom is 0.228 e. The first-order valence-corrected chi connectivity index (χ1v) is 10.9. The lowest BCUT2D eigenvalue weighted by molar-refractivity contribution is -0.128. The number of amides is 1. The fourth-order valence-electron chi connectivity index (χ4n) is 4.20. The lowest BCUT2D eigenvalue weighted by Crippen LogP contribution is -2.45. The summed E-state index contributed by atoms with van der Waals surface area (Å²) in [5, 5.41) is 19.1. The topological polar surface area (TPSA) is 84.1 Å². The minimum absolute atomic E-state index is 0.133. The number of hydrogen-bond donors (Lipinski definition) is 1. The minimum atomic E-state index is -0.196. The van der Waals surface area contributed by atoms with Crippen molar-refractivity contribution in [2.45, 2.75) is 32.2 Å². The number of likely N-dealkylation sites (tertiary alicyclic amines) is 1. The Bertz CT molecular complexity index is 1000. The Kier molecular flexibility index (Phi) is 6.38. The number of rotatable bonds is 4. The summed E-state index contributed by atoms with van der Waals surface area (Å²) < 4.78 is 0. The van der Waals surface area contributed by atoms with Crippen molar-refractivity contribution in [1.29, 1.82) is 5.26 Å². The molecule has 31 heavy (non-hydrogen) atoms. The van der Waals surface area contributed by atoms with E-state index in [9.17, 15) is 10.1 Å². The summed E-state index contributed by atoms with van der Waals surface area (Å²) in [6.07, 6.45) is 10.6. The fourth-order valence-corrected chi connectivity index (χ4v) is 4.32. The molecular weight excluding hydrogens is 412 g/mol. The molecule has 1 aromatic carbocycles. The molecule has 2 atom stereocenters. The molecule has 2 aliphatic heterocycles. The molecule has 1 saturated heterocycles. The normalized spacial score (nSPS) is 23.6. The zero-order chi connectivity index (χ0) is 21.8. The number of allylic oxidation sites excluding steroid dienone is 3. The highest BCUT2D eigenvalue weighted by Gasteiger charge is 2.38. The molecule has 2 unspecified atom stereocenters. The highest BCUT2D eigenvalue weighted by Crippen LogP contribution is 2.25. The van der Waals surface area contributed by atoms with Gasteiger partial charge >= 0.3 is 0 Å². The van der Waals surface area contributed by atoms with Crippen LogP contribution in [0.4, 0.5) is 0 Å². The van der Waals surface area contributed by atoms with Crippen LogP contribution in [0, 0.1) is 17.4 Å². The molecule has 7 nitrogen and oxygen atoms in total. The molecule has 0 spiro atoms. The summed E-state index contributed by atoms with van der Waals surface area (Å²) in [5.74, 6) is 1.01. The molecule has 0 aromatic heterocycles. The molecule has 8 heteroatoms. The van der Waals surface area contributed by atoms with Crippen molar-refractivity contribution in [3.63, 3.8) is 0 Å². The highest BCUT2D eigenvalue weighted by atomic mass is 35.5. The number of hydrazone groups is 1. The van der Waals surface area contributed by atoms with Gasteiger partial charge in [0.25, 0.3) is 0 Å². The van der Waals surface area contributed by atoms with E-state index in [1.54, 1.807) is 5.01 Å². The van der Waals surface area contributed by atoms with Crippen LogP contribution in [0.15, 0.2) is 58.2 Å². The number of hydrogen-bond acceptors (Lipinski definition) is 4. The van der Waals surface area contributed by atoms with Crippen LogP contribution in [0.1, 0.15) is 31.7 Å². The molecule has 1 aromatic rings. The van der Waals surface area contributed by atoms with E-state index in [2.05, 4.69) is 35.5 Å². The summed E-state index contributed by atoms with van der Waals surface area (Å²) in [6, 6.07) is 7.26. The molecular formula is C23H25ClN6O. The molecule has 0 radical (unpaired) electrons. The van der Waals surface area contributed by atoms with Crippen molar-refractivity contribution in [3.05, 3.63) is 58.7 Å². The van der Waals surface area contributed by atoms with Crippen molar-refractivity contribution < 1.29 is 4.79 Å². The highest BCUT2D eigenvalue weighted by molar-refractivity contribution is 6.30. The van der Waals surface area contributed by atoms with Crippen LogP contribution < -0.4 is 5.32 Å². The van der Waals surface area contributed by atoms with Gasteiger partial charge in [-0.15, -0.1) is 0 Å². The number of carbonyl (C=O) groups is 1. The molecule has 3 aliphatic rings. The van der Waals surface area contributed by atoms with Crippen molar-refractivity contribution in [3.8, 4) is 6.19 Å². The van der Waals surface area contributed by atoms with E-state index in [0.717, 1.165) is 24.1 Å². The summed E-state index contributed by atoms with van der Waals surface area (Å²) >= 11 is 6.06. The van der Waals surface area contributed by atoms with Crippen LogP contribution >= 0.6 is 11.6 Å². The van der Waals surface area contributed by atoms with E-state index in [4.69, 9.17) is 16.7 Å². The van der Waals surface area contributed by atoms with E-state index in [1.165, 1.54) is 5.57 Å². The maximum atomic E-state index is 12.5. The zero-order valence-corrected chi connectivity index (χ0v) is 18.2. The number of aliphatic imine (C=N–C) groups is 1. The first-order valence-electron chi connectivity index (χ1n) is 10.5. The molecule has 1 fully saturated rings. The standard InChI is InChI=1S/C23H25ClN6O/c1-16-4-2-5-17(12-16)13-26-23(27-15-25)30-14-20(29-11-3-6-21(29)31)22(28-30)18-7-9-19(24)10-8-18/h2,4-5,7-10,16,20H,3,6,11-14H2,1H3,(H,26,27). The molecule has 1 aliphatic carbocycles. The zero-order valence-electron chi connectivity index (χ0n) is 17.5. The molecule has 160 valence electrons. The number of nitrogens with zero attached hydrogens (tertiary/aromatic N) is 5. The van der Waals surface area contributed by atoms with Crippen LogP contribution in [0.25, 0.3) is 0 Å². The predicted molar refractivity (Wildman–Crippen MR) is 121 cm³/mol. The van der Waals surface area contributed by atoms with Gasteiger partial charge in [-0.3, -0.25) is 10.1 Å². The average molecular weight is 437 g/mol. The summed E-state index contributed by atoms with van der Waals surface area (Å²) in [5.41, 5.74) is 2.90. The van der Waals surface area contributed by atoms with Gasteiger partial charge in [0, 0.05) is 23.6 Å². The first-order chi connectivity index (χ1) is 15.0. The van der Waals surface area contributed by atoms with E-state index in [-0.39, 0.29) is 11.9 Å². The molecule has 2 heterocycles. The Balaban J connectivity index is 1.62. The molecule has 1 amide bonds. The van der Waals surface area contributed by atoms with Gasteiger partial charge < -0.3 is 4.90 Å². The van der Waals surface area contributed by atoms with Crippen molar-refractivity contribution in [2.75, 3.05) is 19.6 Å². The third-order valence-electron chi connectivity index (χ3n) is 5.72. The quantitative estimate of drug-likeness (QED) is 0.339. The number of benzene rings is 1. The van der Waals surface area contributed by atoms with E-state index >= 15 is 0 Å². The first kappa shape index (κ1) is 21.1. The second-order valence-corrected chi connectivity index (χ2v) is 8.49. The van der Waals surface area contributed by atoms with Gasteiger partial charge in [0.1, 0.15) is 0 Å². The SMILES string of the molecule is CC1C=CC=C(CN=C(NC#N)N2CC(N3CCCC3=O)C(c3ccc(Cl)cc3)=N2)C1. The van der Waals surface area contributed by atoms with E-state index < -0.39 is 0 Å². The molecule has 1 N–H and O–H groups in total. The number of halogens is 1. The van der Waals surface area contributed by atoms with E-state index in [0.29, 0.717) is 43.0 Å². The number of carbonyl (C=O) groups excluding carboxylic acids is 1. The van der Waals surface area contributed by atoms with Gasteiger partial charge in [0.15, 0.2) is 6.19 Å². The average Bonchev–Trinajstić information content (AvgIpc) is 3.38. The van der Waals surface area contributed by atoms with Crippen molar-refractivity contribution >= 4 is 29.2 Å². The molecule has 0 saturated carbocycles. The lowest BCUT2D eigenvalue weighted by atomic mass is 9.96. The van der Waals surface area contributed by atoms with Gasteiger partial charge in [0.2, 0.25) is 11.9 Å². The van der Waals surface area contributed by atoms with E-state index in [1.807, 2.05) is 35.4 Å². The molecule has 4 rings (SSSR count). The number of nitrogens with one attached hydrogen (secondary N) is 1. The Morgan fingerprint density at radius 3 is 2.87 bits per heavy atom. The third-order valence-corrected chi connectivity index (χ3v) is 5.97. The Labute approximate surface area is 187 Å². The molecule has 0 bridgehead atoms. The lowest BCUT2D eigenvalue weighted by Gasteiger charge is -2.25. The maximum absolute atomic E-state index is 12.5. The smallest absolute Gasteiger partial charge is 0.228 e. The number of guanidine groups is 1. The summed E-state index contributed by atoms with van der Waals surface area (Å²) in [4.78, 5) is 19.0. The van der Waals surface area contributed by atoms with Crippen LogP contribution in [0.3, 0.4) is 0 Å². The van der Waals surface area contributed by atoms with Gasteiger partial charge in [-0.1, -0.05) is 48.9 Å². The largest absolute Gasteiger partial charge is 0.332 e. The Hall–Kier alpha value is -3.11. The Morgan fingerprint density at radius 1 is 1.39 bits per heavy atom. The van der Waals surface area contributed by atoms with Crippen molar-refractivity contribution in [1.82, 2.24) is 15.2 Å².